The molecule has 138 valence electrons. The van der Waals surface area contributed by atoms with Crippen LogP contribution in [-0.4, -0.2) is 19.0 Å². The molecule has 0 unspecified atom stereocenters. The predicted molar refractivity (Wildman–Crippen MR) is 108 cm³/mol. The molecular weight excluding hydrogens is 320 g/mol. The van der Waals surface area contributed by atoms with E-state index in [9.17, 15) is 4.79 Å². The van der Waals surface area contributed by atoms with Gasteiger partial charge in [-0.2, -0.15) is 0 Å². The molecule has 0 fully saturated rings. The Kier molecular flexibility index (Phi) is 6.26. The van der Waals surface area contributed by atoms with Crippen LogP contribution in [-0.2, 0) is 14.9 Å². The van der Waals surface area contributed by atoms with Gasteiger partial charge in [-0.05, 0) is 35.1 Å². The average molecular weight is 351 g/mol. The van der Waals surface area contributed by atoms with Crippen LogP contribution in [0, 0.1) is 0 Å². The lowest BCUT2D eigenvalue weighted by molar-refractivity contribution is -0.125. The molecule has 0 N–H and O–H groups in total. The molecule has 0 heterocycles. The number of carbonyl (C=O) groups is 1. The van der Waals surface area contributed by atoms with Gasteiger partial charge in [-0.25, -0.2) is 0 Å². The Morgan fingerprint density at radius 1 is 0.846 bits per heavy atom. The Bertz CT molecular complexity index is 702. The standard InChI is InChI=1S/C24H30O2/c1-3-5-11-17-26-18-24(23(25)16-6-4-2)21-14-9-7-12-19(21)20-13-8-10-15-22(20)24/h7-10,12-15H,3-6,11,16-18H2,1-2H3. The van der Waals surface area contributed by atoms with E-state index in [0.29, 0.717) is 18.8 Å². The zero-order chi connectivity index (χ0) is 18.4. The predicted octanol–water partition coefficient (Wildman–Crippen LogP) is 5.92. The normalized spacial score (nSPS) is 14.1. The van der Waals surface area contributed by atoms with Crippen LogP contribution in [0.25, 0.3) is 11.1 Å². The first-order chi connectivity index (χ1) is 12.8. The highest BCUT2D eigenvalue weighted by atomic mass is 16.5. The van der Waals surface area contributed by atoms with E-state index in [2.05, 4.69) is 50.2 Å². The molecule has 0 saturated carbocycles. The Morgan fingerprint density at radius 3 is 2.00 bits per heavy atom. The number of hydrogen-bond acceptors (Lipinski definition) is 2. The van der Waals surface area contributed by atoms with Gasteiger partial charge in [0.05, 0.1) is 6.61 Å². The fourth-order valence-electron chi connectivity index (χ4n) is 4.09. The summed E-state index contributed by atoms with van der Waals surface area (Å²) in [7, 11) is 0. The second-order valence-corrected chi connectivity index (χ2v) is 7.28. The monoisotopic (exact) mass is 350 g/mol. The highest BCUT2D eigenvalue weighted by molar-refractivity contribution is 6.01. The molecular formula is C24H30O2. The van der Waals surface area contributed by atoms with Crippen molar-refractivity contribution in [1.29, 1.82) is 0 Å². The Labute approximate surface area is 157 Å². The molecule has 0 bridgehead atoms. The van der Waals surface area contributed by atoms with Crippen LogP contribution in [0.1, 0.15) is 63.5 Å². The van der Waals surface area contributed by atoms with Gasteiger partial charge in [0, 0.05) is 13.0 Å². The molecule has 0 spiro atoms. The van der Waals surface area contributed by atoms with E-state index in [4.69, 9.17) is 4.74 Å². The van der Waals surface area contributed by atoms with Crippen LogP contribution < -0.4 is 0 Å². The Balaban J connectivity index is 2.00. The summed E-state index contributed by atoms with van der Waals surface area (Å²) in [6, 6.07) is 16.7. The van der Waals surface area contributed by atoms with Crippen molar-refractivity contribution < 1.29 is 9.53 Å². The van der Waals surface area contributed by atoms with Crippen molar-refractivity contribution in [3.8, 4) is 11.1 Å². The van der Waals surface area contributed by atoms with Crippen molar-refractivity contribution in [2.24, 2.45) is 0 Å². The van der Waals surface area contributed by atoms with E-state index >= 15 is 0 Å². The van der Waals surface area contributed by atoms with Gasteiger partial charge in [-0.3, -0.25) is 4.79 Å². The molecule has 2 aromatic carbocycles. The SMILES string of the molecule is CCCCCOCC1(C(=O)CCCC)c2ccccc2-c2ccccc21. The molecule has 2 heteroatoms. The van der Waals surface area contributed by atoms with Crippen molar-refractivity contribution in [3.63, 3.8) is 0 Å². The number of fused-ring (bicyclic) bond motifs is 3. The summed E-state index contributed by atoms with van der Waals surface area (Å²) in [5, 5.41) is 0. The number of benzene rings is 2. The fourth-order valence-corrected chi connectivity index (χ4v) is 4.09. The highest BCUT2D eigenvalue weighted by Gasteiger charge is 2.48. The fraction of sp³-hybridized carbons (Fsp3) is 0.458. The van der Waals surface area contributed by atoms with Crippen molar-refractivity contribution in [3.05, 3.63) is 59.7 Å². The lowest BCUT2D eigenvalue weighted by Crippen LogP contribution is -2.40. The molecule has 0 aliphatic heterocycles. The van der Waals surface area contributed by atoms with Crippen LogP contribution in [0.4, 0.5) is 0 Å². The second-order valence-electron chi connectivity index (χ2n) is 7.28. The summed E-state index contributed by atoms with van der Waals surface area (Å²) in [4.78, 5) is 13.5. The molecule has 1 aliphatic rings. The summed E-state index contributed by atoms with van der Waals surface area (Å²) in [6.45, 7) is 5.51. The quantitative estimate of drug-likeness (QED) is 0.497. The Morgan fingerprint density at radius 2 is 1.42 bits per heavy atom. The summed E-state index contributed by atoms with van der Waals surface area (Å²) in [5.74, 6) is 0.298. The minimum Gasteiger partial charge on any atom is -0.380 e. The van der Waals surface area contributed by atoms with Gasteiger partial charge in [0.2, 0.25) is 0 Å². The smallest absolute Gasteiger partial charge is 0.150 e. The minimum atomic E-state index is -0.644. The van der Waals surface area contributed by atoms with E-state index < -0.39 is 5.41 Å². The first kappa shape index (κ1) is 18.8. The van der Waals surface area contributed by atoms with Crippen LogP contribution in [0.2, 0.25) is 0 Å². The van der Waals surface area contributed by atoms with Gasteiger partial charge >= 0.3 is 0 Å². The van der Waals surface area contributed by atoms with Crippen LogP contribution in [0.3, 0.4) is 0 Å². The molecule has 26 heavy (non-hydrogen) atoms. The maximum atomic E-state index is 13.5. The van der Waals surface area contributed by atoms with Crippen LogP contribution in [0.5, 0.6) is 0 Å². The van der Waals surface area contributed by atoms with Gasteiger partial charge < -0.3 is 4.74 Å². The zero-order valence-corrected chi connectivity index (χ0v) is 16.1. The van der Waals surface area contributed by atoms with Gasteiger partial charge in [-0.15, -0.1) is 0 Å². The molecule has 2 nitrogen and oxygen atoms in total. The van der Waals surface area contributed by atoms with Gasteiger partial charge in [0.15, 0.2) is 0 Å². The van der Waals surface area contributed by atoms with E-state index in [-0.39, 0.29) is 0 Å². The van der Waals surface area contributed by atoms with Crippen LogP contribution in [0.15, 0.2) is 48.5 Å². The molecule has 0 radical (unpaired) electrons. The first-order valence-electron chi connectivity index (χ1n) is 10.1. The summed E-state index contributed by atoms with van der Waals surface area (Å²) < 4.78 is 6.12. The van der Waals surface area contributed by atoms with Crippen molar-refractivity contribution in [1.82, 2.24) is 0 Å². The number of rotatable bonds is 10. The highest BCUT2D eigenvalue weighted by Crippen LogP contribution is 2.50. The number of carbonyl (C=O) groups excluding carboxylic acids is 1. The number of unbranched alkanes of at least 4 members (excludes halogenated alkanes) is 3. The van der Waals surface area contributed by atoms with Crippen LogP contribution >= 0.6 is 0 Å². The second kappa shape index (κ2) is 8.64. The third kappa shape index (κ3) is 3.35. The Hall–Kier alpha value is -1.93. The molecule has 0 saturated heterocycles. The minimum absolute atomic E-state index is 0.298. The number of Topliss-reactive ketones (excluding diaryl/α,β-unsaturated/α-hetero) is 1. The van der Waals surface area contributed by atoms with Gasteiger partial charge in [0.1, 0.15) is 11.2 Å². The van der Waals surface area contributed by atoms with Crippen molar-refractivity contribution >= 4 is 5.78 Å². The summed E-state index contributed by atoms with van der Waals surface area (Å²) in [5.41, 5.74) is 3.97. The molecule has 0 aromatic heterocycles. The lowest BCUT2D eigenvalue weighted by Gasteiger charge is -2.30. The van der Waals surface area contributed by atoms with E-state index in [1.54, 1.807) is 0 Å². The van der Waals surface area contributed by atoms with Crippen molar-refractivity contribution in [2.75, 3.05) is 13.2 Å². The zero-order valence-electron chi connectivity index (χ0n) is 16.1. The van der Waals surface area contributed by atoms with E-state index in [1.165, 1.54) is 24.0 Å². The maximum Gasteiger partial charge on any atom is 0.150 e. The number of ether oxygens (including phenoxy) is 1. The van der Waals surface area contributed by atoms with Crippen molar-refractivity contribution in [2.45, 2.75) is 57.8 Å². The maximum absolute atomic E-state index is 13.5. The molecule has 3 rings (SSSR count). The molecule has 0 amide bonds. The van der Waals surface area contributed by atoms with E-state index in [0.717, 1.165) is 37.0 Å². The summed E-state index contributed by atoms with van der Waals surface area (Å²) in [6.07, 6.45) is 5.97. The van der Waals surface area contributed by atoms with E-state index in [1.807, 2.05) is 12.1 Å². The number of ketones is 1. The van der Waals surface area contributed by atoms with Gasteiger partial charge in [0.25, 0.3) is 0 Å². The molecule has 0 atom stereocenters. The topological polar surface area (TPSA) is 26.3 Å². The molecule has 2 aromatic rings. The third-order valence-electron chi connectivity index (χ3n) is 5.51. The summed E-state index contributed by atoms with van der Waals surface area (Å²) >= 11 is 0. The molecule has 1 aliphatic carbocycles. The van der Waals surface area contributed by atoms with Gasteiger partial charge in [-0.1, -0.05) is 81.6 Å². The largest absolute Gasteiger partial charge is 0.380 e. The third-order valence-corrected chi connectivity index (χ3v) is 5.51. The first-order valence-corrected chi connectivity index (χ1v) is 10.1. The average Bonchev–Trinajstić information content (AvgIpc) is 2.97. The lowest BCUT2D eigenvalue weighted by atomic mass is 9.73. The number of hydrogen-bond donors (Lipinski definition) is 0.